The SMILES string of the molecule is O=C(Nc1cnccn1)[C@@H]1COc2ccccc21. The largest absolute Gasteiger partial charge is 0.492 e. The number of hydrogen-bond donors (Lipinski definition) is 1. The molecule has 18 heavy (non-hydrogen) atoms. The summed E-state index contributed by atoms with van der Waals surface area (Å²) in [7, 11) is 0. The number of hydrogen-bond acceptors (Lipinski definition) is 4. The number of nitrogens with zero attached hydrogens (tertiary/aromatic N) is 2. The number of fused-ring (bicyclic) bond motifs is 1. The van der Waals surface area contributed by atoms with Gasteiger partial charge >= 0.3 is 0 Å². The third-order valence-electron chi connectivity index (χ3n) is 2.83. The minimum atomic E-state index is -0.289. The molecule has 1 aliphatic rings. The van der Waals surface area contributed by atoms with Crippen LogP contribution in [-0.2, 0) is 4.79 Å². The van der Waals surface area contributed by atoms with Crippen molar-refractivity contribution in [2.45, 2.75) is 5.92 Å². The minimum absolute atomic E-state index is 0.125. The minimum Gasteiger partial charge on any atom is -0.492 e. The third-order valence-corrected chi connectivity index (χ3v) is 2.83. The highest BCUT2D eigenvalue weighted by molar-refractivity contribution is 5.96. The predicted octanol–water partition coefficient (Wildman–Crippen LogP) is 1.59. The molecule has 2 heterocycles. The predicted molar refractivity (Wildman–Crippen MR) is 65.3 cm³/mol. The standard InChI is InChI=1S/C13H11N3O2/c17-13(16-12-7-14-5-6-15-12)10-8-18-11-4-2-1-3-9(10)11/h1-7,10H,8H2,(H,15,16,17)/t10-/m1/s1. The lowest BCUT2D eigenvalue weighted by molar-refractivity contribution is -0.117. The normalized spacial score (nSPS) is 16.8. The number of nitrogens with one attached hydrogen (secondary N) is 1. The average Bonchev–Trinajstić information content (AvgIpc) is 2.84. The fraction of sp³-hybridized carbons (Fsp3) is 0.154. The van der Waals surface area contributed by atoms with Gasteiger partial charge in [0.1, 0.15) is 18.3 Å². The molecule has 0 spiro atoms. The van der Waals surface area contributed by atoms with E-state index in [1.807, 2.05) is 24.3 Å². The summed E-state index contributed by atoms with van der Waals surface area (Å²) in [6, 6.07) is 7.56. The Balaban J connectivity index is 1.79. The lowest BCUT2D eigenvalue weighted by atomic mass is 10.0. The molecule has 0 fully saturated rings. The summed E-state index contributed by atoms with van der Waals surface area (Å²) < 4.78 is 5.47. The van der Waals surface area contributed by atoms with Crippen LogP contribution in [0.3, 0.4) is 0 Å². The second-order valence-electron chi connectivity index (χ2n) is 3.98. The van der Waals surface area contributed by atoms with Gasteiger partial charge in [0.05, 0.1) is 6.20 Å². The zero-order valence-corrected chi connectivity index (χ0v) is 9.54. The number of rotatable bonds is 2. The quantitative estimate of drug-likeness (QED) is 0.867. The van der Waals surface area contributed by atoms with E-state index in [0.717, 1.165) is 11.3 Å². The molecule has 1 amide bonds. The first-order valence-corrected chi connectivity index (χ1v) is 5.63. The number of anilines is 1. The van der Waals surface area contributed by atoms with Gasteiger partial charge in [0, 0.05) is 18.0 Å². The van der Waals surface area contributed by atoms with Crippen molar-refractivity contribution in [2.24, 2.45) is 0 Å². The van der Waals surface area contributed by atoms with E-state index in [1.165, 1.54) is 12.4 Å². The van der Waals surface area contributed by atoms with Gasteiger partial charge in [-0.3, -0.25) is 9.78 Å². The summed E-state index contributed by atoms with van der Waals surface area (Å²) in [6.07, 6.45) is 4.61. The van der Waals surface area contributed by atoms with Crippen LogP contribution in [0.2, 0.25) is 0 Å². The molecule has 5 heteroatoms. The summed E-state index contributed by atoms with van der Waals surface area (Å²) in [5, 5.41) is 2.73. The van der Waals surface area contributed by atoms with Gasteiger partial charge in [-0.05, 0) is 6.07 Å². The maximum Gasteiger partial charge on any atom is 0.236 e. The highest BCUT2D eigenvalue weighted by Gasteiger charge is 2.30. The first kappa shape index (κ1) is 10.7. The Kier molecular flexibility index (Phi) is 2.64. The monoisotopic (exact) mass is 241 g/mol. The summed E-state index contributed by atoms with van der Waals surface area (Å²) in [4.78, 5) is 20.0. The Hall–Kier alpha value is -2.43. The molecule has 0 saturated heterocycles. The molecule has 1 atom stereocenters. The van der Waals surface area contributed by atoms with E-state index in [2.05, 4.69) is 15.3 Å². The van der Waals surface area contributed by atoms with E-state index in [1.54, 1.807) is 6.20 Å². The number of carbonyl (C=O) groups excluding carboxylic acids is 1. The second kappa shape index (κ2) is 4.44. The van der Waals surface area contributed by atoms with Crippen molar-refractivity contribution in [3.8, 4) is 5.75 Å². The Morgan fingerprint density at radius 2 is 2.22 bits per heavy atom. The number of carbonyl (C=O) groups is 1. The second-order valence-corrected chi connectivity index (χ2v) is 3.98. The van der Waals surface area contributed by atoms with E-state index < -0.39 is 0 Å². The lowest BCUT2D eigenvalue weighted by Crippen LogP contribution is -2.22. The van der Waals surface area contributed by atoms with Crippen molar-refractivity contribution in [1.82, 2.24) is 9.97 Å². The Morgan fingerprint density at radius 3 is 3.06 bits per heavy atom. The maximum absolute atomic E-state index is 12.1. The molecule has 1 aromatic heterocycles. The molecule has 1 aliphatic heterocycles. The fourth-order valence-electron chi connectivity index (χ4n) is 1.96. The molecule has 0 radical (unpaired) electrons. The molecule has 0 unspecified atom stereocenters. The maximum atomic E-state index is 12.1. The van der Waals surface area contributed by atoms with Crippen LogP contribution in [0.15, 0.2) is 42.9 Å². The zero-order chi connectivity index (χ0) is 12.4. The molecule has 3 rings (SSSR count). The van der Waals surface area contributed by atoms with Gasteiger partial charge in [0.15, 0.2) is 5.82 Å². The van der Waals surface area contributed by atoms with Gasteiger partial charge in [-0.1, -0.05) is 18.2 Å². The zero-order valence-electron chi connectivity index (χ0n) is 9.54. The van der Waals surface area contributed by atoms with E-state index in [9.17, 15) is 4.79 Å². The first-order chi connectivity index (χ1) is 8.84. The van der Waals surface area contributed by atoms with E-state index >= 15 is 0 Å². The molecular formula is C13H11N3O2. The van der Waals surface area contributed by atoms with Crippen LogP contribution in [0.5, 0.6) is 5.75 Å². The Labute approximate surface area is 104 Å². The molecule has 1 aromatic carbocycles. The van der Waals surface area contributed by atoms with Crippen molar-refractivity contribution in [3.63, 3.8) is 0 Å². The lowest BCUT2D eigenvalue weighted by Gasteiger charge is -2.08. The smallest absolute Gasteiger partial charge is 0.236 e. The highest BCUT2D eigenvalue weighted by atomic mass is 16.5. The van der Waals surface area contributed by atoms with Crippen LogP contribution >= 0.6 is 0 Å². The Bertz CT molecular complexity index is 571. The van der Waals surface area contributed by atoms with Crippen LogP contribution in [0.1, 0.15) is 11.5 Å². The molecule has 0 saturated carbocycles. The number of aromatic nitrogens is 2. The van der Waals surface area contributed by atoms with Gasteiger partial charge in [0.25, 0.3) is 0 Å². The van der Waals surface area contributed by atoms with Crippen LogP contribution < -0.4 is 10.1 Å². The van der Waals surface area contributed by atoms with Crippen molar-refractivity contribution in [1.29, 1.82) is 0 Å². The summed E-state index contributed by atoms with van der Waals surface area (Å²) in [5.41, 5.74) is 0.916. The number of para-hydroxylation sites is 1. The topological polar surface area (TPSA) is 64.1 Å². The van der Waals surface area contributed by atoms with Gasteiger partial charge in [-0.2, -0.15) is 0 Å². The fourth-order valence-corrected chi connectivity index (χ4v) is 1.96. The van der Waals surface area contributed by atoms with Crippen molar-refractivity contribution in [2.75, 3.05) is 11.9 Å². The van der Waals surface area contributed by atoms with Crippen molar-refractivity contribution < 1.29 is 9.53 Å². The average molecular weight is 241 g/mol. The molecule has 0 bridgehead atoms. The number of ether oxygens (including phenoxy) is 1. The molecular weight excluding hydrogens is 230 g/mol. The van der Waals surface area contributed by atoms with Crippen molar-refractivity contribution >= 4 is 11.7 Å². The van der Waals surface area contributed by atoms with E-state index in [4.69, 9.17) is 4.74 Å². The van der Waals surface area contributed by atoms with Crippen LogP contribution in [0.25, 0.3) is 0 Å². The van der Waals surface area contributed by atoms with Crippen LogP contribution in [0, 0.1) is 0 Å². The molecule has 90 valence electrons. The van der Waals surface area contributed by atoms with Gasteiger partial charge in [-0.15, -0.1) is 0 Å². The summed E-state index contributed by atoms with van der Waals surface area (Å²) in [6.45, 7) is 0.367. The van der Waals surface area contributed by atoms with E-state index in [-0.39, 0.29) is 11.8 Å². The van der Waals surface area contributed by atoms with E-state index in [0.29, 0.717) is 12.4 Å². The van der Waals surface area contributed by atoms with Gasteiger partial charge in [-0.25, -0.2) is 4.98 Å². The third kappa shape index (κ3) is 1.90. The molecule has 2 aromatic rings. The van der Waals surface area contributed by atoms with Crippen LogP contribution in [-0.4, -0.2) is 22.5 Å². The molecule has 0 aliphatic carbocycles. The Morgan fingerprint density at radius 1 is 1.33 bits per heavy atom. The van der Waals surface area contributed by atoms with Gasteiger partial charge < -0.3 is 10.1 Å². The summed E-state index contributed by atoms with van der Waals surface area (Å²) >= 11 is 0. The first-order valence-electron chi connectivity index (χ1n) is 5.63. The molecule has 5 nitrogen and oxygen atoms in total. The summed E-state index contributed by atoms with van der Waals surface area (Å²) in [5.74, 6) is 0.812. The van der Waals surface area contributed by atoms with Crippen LogP contribution in [0.4, 0.5) is 5.82 Å². The number of benzene rings is 1. The molecule has 1 N–H and O–H groups in total. The van der Waals surface area contributed by atoms with Gasteiger partial charge in [0.2, 0.25) is 5.91 Å². The highest BCUT2D eigenvalue weighted by Crippen LogP contribution is 2.33. The van der Waals surface area contributed by atoms with Crippen molar-refractivity contribution in [3.05, 3.63) is 48.4 Å². The number of amides is 1.